The highest BCUT2D eigenvalue weighted by Gasteiger charge is 2.35. The molecule has 1 aliphatic carbocycles. The van der Waals surface area contributed by atoms with E-state index in [0.29, 0.717) is 11.6 Å². The second-order valence-electron chi connectivity index (χ2n) is 7.09. The molecule has 1 aromatic carbocycles. The van der Waals surface area contributed by atoms with Gasteiger partial charge in [0.15, 0.2) is 11.6 Å². The molecule has 0 aromatic heterocycles. The van der Waals surface area contributed by atoms with Crippen molar-refractivity contribution in [2.75, 3.05) is 20.1 Å². The average Bonchev–Trinajstić information content (AvgIpc) is 3.12. The van der Waals surface area contributed by atoms with Crippen molar-refractivity contribution < 1.29 is 13.6 Å². The van der Waals surface area contributed by atoms with Crippen LogP contribution in [0.4, 0.5) is 8.78 Å². The Bertz CT molecular complexity index is 587. The Balaban J connectivity index is 1.67. The van der Waals surface area contributed by atoms with Gasteiger partial charge in [0.1, 0.15) is 0 Å². The summed E-state index contributed by atoms with van der Waals surface area (Å²) in [5, 5.41) is 0. The van der Waals surface area contributed by atoms with Gasteiger partial charge < -0.3 is 4.90 Å². The second kappa shape index (κ2) is 7.60. The Hall–Kier alpha value is -1.49. The first-order valence-corrected chi connectivity index (χ1v) is 9.00. The van der Waals surface area contributed by atoms with E-state index < -0.39 is 11.6 Å². The smallest absolute Gasteiger partial charge is 0.227 e. The topological polar surface area (TPSA) is 23.6 Å². The third-order valence-electron chi connectivity index (χ3n) is 5.53. The zero-order valence-corrected chi connectivity index (χ0v) is 14.3. The quantitative estimate of drug-likeness (QED) is 0.842. The highest BCUT2D eigenvalue weighted by molar-refractivity contribution is 5.79. The van der Waals surface area contributed by atoms with E-state index in [2.05, 4.69) is 4.90 Å². The summed E-state index contributed by atoms with van der Waals surface area (Å²) in [7, 11) is 1.86. The summed E-state index contributed by atoms with van der Waals surface area (Å²) in [5.74, 6) is -1.78. The van der Waals surface area contributed by atoms with Gasteiger partial charge in [0.05, 0.1) is 6.42 Å². The summed E-state index contributed by atoms with van der Waals surface area (Å²) in [6, 6.07) is 4.38. The molecule has 2 atom stereocenters. The number of likely N-dealkylation sites (N-methyl/N-ethyl adjacent to an activating group) is 1. The molecule has 5 heteroatoms. The summed E-state index contributed by atoms with van der Waals surface area (Å²) in [6.45, 7) is 2.26. The lowest BCUT2D eigenvalue weighted by atomic mass is 9.88. The molecule has 1 heterocycles. The van der Waals surface area contributed by atoms with Crippen LogP contribution in [0.5, 0.6) is 0 Å². The molecule has 2 aliphatic rings. The van der Waals surface area contributed by atoms with Crippen molar-refractivity contribution in [1.82, 2.24) is 9.80 Å². The molecule has 1 saturated carbocycles. The minimum absolute atomic E-state index is 0.0166. The lowest BCUT2D eigenvalue weighted by Crippen LogP contribution is -2.53. The molecule has 24 heavy (non-hydrogen) atoms. The molecule has 0 unspecified atom stereocenters. The SMILES string of the molecule is CN(C(=O)Cc1ccc(F)c(F)c1)[C@@H]1CCCC[C@H]1N1CCCC1. The maximum Gasteiger partial charge on any atom is 0.227 e. The Morgan fingerprint density at radius 3 is 2.54 bits per heavy atom. The van der Waals surface area contributed by atoms with Gasteiger partial charge in [0, 0.05) is 19.1 Å². The first kappa shape index (κ1) is 17.3. The van der Waals surface area contributed by atoms with Crippen LogP contribution >= 0.6 is 0 Å². The van der Waals surface area contributed by atoms with E-state index in [1.54, 1.807) is 0 Å². The molecule has 3 nitrogen and oxygen atoms in total. The van der Waals surface area contributed by atoms with Crippen LogP contribution in [0.1, 0.15) is 44.1 Å². The Morgan fingerprint density at radius 2 is 1.83 bits per heavy atom. The number of carbonyl (C=O) groups is 1. The fourth-order valence-electron chi connectivity index (χ4n) is 4.18. The Morgan fingerprint density at radius 1 is 1.12 bits per heavy atom. The minimum Gasteiger partial charge on any atom is -0.341 e. The van der Waals surface area contributed by atoms with Crippen LogP contribution < -0.4 is 0 Å². The van der Waals surface area contributed by atoms with Crippen LogP contribution in [0.15, 0.2) is 18.2 Å². The van der Waals surface area contributed by atoms with Gasteiger partial charge in [-0.2, -0.15) is 0 Å². The summed E-state index contributed by atoms with van der Waals surface area (Å²) in [4.78, 5) is 17.0. The zero-order chi connectivity index (χ0) is 17.1. The molecule has 2 fully saturated rings. The summed E-state index contributed by atoms with van der Waals surface area (Å²) < 4.78 is 26.4. The fraction of sp³-hybridized carbons (Fsp3) is 0.632. The molecule has 0 radical (unpaired) electrons. The summed E-state index contributed by atoms with van der Waals surface area (Å²) in [5.41, 5.74) is 0.527. The van der Waals surface area contributed by atoms with Crippen molar-refractivity contribution in [3.05, 3.63) is 35.4 Å². The number of nitrogens with zero attached hydrogens (tertiary/aromatic N) is 2. The minimum atomic E-state index is -0.893. The lowest BCUT2D eigenvalue weighted by molar-refractivity contribution is -0.133. The maximum atomic E-state index is 13.3. The van der Waals surface area contributed by atoms with Gasteiger partial charge in [0.25, 0.3) is 0 Å². The maximum absolute atomic E-state index is 13.3. The number of hydrogen-bond acceptors (Lipinski definition) is 2. The van der Waals surface area contributed by atoms with Crippen molar-refractivity contribution in [1.29, 1.82) is 0 Å². The molecule has 1 amide bonds. The Labute approximate surface area is 142 Å². The normalized spacial score (nSPS) is 25.0. The van der Waals surface area contributed by atoms with Crippen LogP contribution in [0.2, 0.25) is 0 Å². The van der Waals surface area contributed by atoms with Gasteiger partial charge in [-0.1, -0.05) is 18.9 Å². The van der Waals surface area contributed by atoms with E-state index in [0.717, 1.165) is 44.5 Å². The Kier molecular flexibility index (Phi) is 5.49. The first-order chi connectivity index (χ1) is 11.6. The average molecular weight is 336 g/mol. The first-order valence-electron chi connectivity index (χ1n) is 9.00. The van der Waals surface area contributed by atoms with Gasteiger partial charge in [-0.3, -0.25) is 9.69 Å². The second-order valence-corrected chi connectivity index (χ2v) is 7.09. The number of benzene rings is 1. The van der Waals surface area contributed by atoms with E-state index in [9.17, 15) is 13.6 Å². The fourth-order valence-corrected chi connectivity index (χ4v) is 4.18. The molecular weight excluding hydrogens is 310 g/mol. The number of hydrogen-bond donors (Lipinski definition) is 0. The molecule has 1 saturated heterocycles. The van der Waals surface area contributed by atoms with Gasteiger partial charge in [-0.25, -0.2) is 8.78 Å². The van der Waals surface area contributed by atoms with E-state index >= 15 is 0 Å². The molecule has 3 rings (SSSR count). The van der Waals surface area contributed by atoms with E-state index in [1.807, 2.05) is 11.9 Å². The molecule has 1 aliphatic heterocycles. The van der Waals surface area contributed by atoms with Crippen LogP contribution in [-0.4, -0.2) is 47.9 Å². The number of likely N-dealkylation sites (tertiary alicyclic amines) is 1. The predicted octanol–water partition coefficient (Wildman–Crippen LogP) is 3.37. The van der Waals surface area contributed by atoms with Gasteiger partial charge >= 0.3 is 0 Å². The zero-order valence-electron chi connectivity index (χ0n) is 14.3. The van der Waals surface area contributed by atoms with E-state index in [1.165, 1.54) is 25.3 Å². The van der Waals surface area contributed by atoms with Crippen LogP contribution in [0.25, 0.3) is 0 Å². The number of carbonyl (C=O) groups excluding carboxylic acids is 1. The van der Waals surface area contributed by atoms with Crippen LogP contribution in [0.3, 0.4) is 0 Å². The number of rotatable bonds is 4. The lowest BCUT2D eigenvalue weighted by Gasteiger charge is -2.42. The summed E-state index contributed by atoms with van der Waals surface area (Å²) in [6.07, 6.45) is 7.16. The molecule has 132 valence electrons. The number of halogens is 2. The standard InChI is InChI=1S/C19H26F2N2O/c1-22(19(24)13-14-8-9-15(20)16(21)12-14)17-6-2-3-7-18(17)23-10-4-5-11-23/h8-9,12,17-18H,2-7,10-11,13H2,1H3/t17-,18-/m1/s1. The van der Waals surface area contributed by atoms with Crippen molar-refractivity contribution >= 4 is 5.91 Å². The van der Waals surface area contributed by atoms with Crippen molar-refractivity contribution in [3.8, 4) is 0 Å². The molecule has 0 bridgehead atoms. The highest BCUT2D eigenvalue weighted by atomic mass is 19.2. The molecule has 0 N–H and O–H groups in total. The molecular formula is C19H26F2N2O. The predicted molar refractivity (Wildman–Crippen MR) is 89.7 cm³/mol. The third-order valence-corrected chi connectivity index (χ3v) is 5.53. The van der Waals surface area contributed by atoms with Gasteiger partial charge in [0.2, 0.25) is 5.91 Å². The molecule has 1 aromatic rings. The van der Waals surface area contributed by atoms with E-state index in [4.69, 9.17) is 0 Å². The van der Waals surface area contributed by atoms with Gasteiger partial charge in [-0.05, 0) is 56.5 Å². The summed E-state index contributed by atoms with van der Waals surface area (Å²) >= 11 is 0. The van der Waals surface area contributed by atoms with Crippen LogP contribution in [0, 0.1) is 11.6 Å². The van der Waals surface area contributed by atoms with Crippen molar-refractivity contribution in [2.24, 2.45) is 0 Å². The number of amides is 1. The van der Waals surface area contributed by atoms with Crippen molar-refractivity contribution in [3.63, 3.8) is 0 Å². The molecule has 0 spiro atoms. The van der Waals surface area contributed by atoms with Crippen LogP contribution in [-0.2, 0) is 11.2 Å². The van der Waals surface area contributed by atoms with Gasteiger partial charge in [-0.15, -0.1) is 0 Å². The highest BCUT2D eigenvalue weighted by Crippen LogP contribution is 2.29. The third kappa shape index (κ3) is 3.77. The largest absolute Gasteiger partial charge is 0.341 e. The van der Waals surface area contributed by atoms with Crippen molar-refractivity contribution in [2.45, 2.75) is 57.0 Å². The van der Waals surface area contributed by atoms with E-state index in [-0.39, 0.29) is 18.4 Å². The monoisotopic (exact) mass is 336 g/mol.